The van der Waals surface area contributed by atoms with Gasteiger partial charge in [-0.1, -0.05) is 12.1 Å². The minimum Gasteiger partial charge on any atom is -0.489 e. The molecule has 0 saturated carbocycles. The van der Waals surface area contributed by atoms with Crippen LogP contribution >= 0.6 is 0 Å². The van der Waals surface area contributed by atoms with Crippen LogP contribution in [0.5, 0.6) is 5.75 Å². The van der Waals surface area contributed by atoms with Gasteiger partial charge >= 0.3 is 0 Å². The molecule has 0 aliphatic carbocycles. The molecule has 228 valence electrons. The second-order valence-electron chi connectivity index (χ2n) is 9.86. The first-order chi connectivity index (χ1) is 20.7. The molecule has 0 spiro atoms. The van der Waals surface area contributed by atoms with E-state index in [0.29, 0.717) is 47.6 Å². The molecule has 0 unspecified atom stereocenters. The average molecular weight is 618 g/mol. The van der Waals surface area contributed by atoms with Crippen molar-refractivity contribution in [2.24, 2.45) is 0 Å². The number of fused-ring (bicyclic) bond motifs is 1. The first-order valence-corrected chi connectivity index (χ1v) is 15.2. The Morgan fingerprint density at radius 3 is 2.65 bits per heavy atom. The van der Waals surface area contributed by atoms with E-state index >= 15 is 4.39 Å². The summed E-state index contributed by atoms with van der Waals surface area (Å²) in [6, 6.07) is 7.35. The van der Waals surface area contributed by atoms with Crippen LogP contribution in [0.25, 0.3) is 33.4 Å². The Morgan fingerprint density at radius 2 is 1.93 bits per heavy atom. The number of aromatic nitrogens is 4. The Bertz CT molecular complexity index is 1710. The maximum Gasteiger partial charge on any atom is 0.232 e. The molecule has 1 saturated heterocycles. The lowest BCUT2D eigenvalue weighted by Crippen LogP contribution is -2.44. The number of hydrogen-bond donors (Lipinski definition) is 2. The molecular weight excluding hydrogens is 587 g/mol. The molecule has 0 bridgehead atoms. The molecular formula is C28H30F3N7O4S. The van der Waals surface area contributed by atoms with Crippen molar-refractivity contribution in [1.29, 1.82) is 0 Å². The zero-order valence-corrected chi connectivity index (χ0v) is 24.1. The van der Waals surface area contributed by atoms with Crippen molar-refractivity contribution < 1.29 is 31.1 Å². The second-order valence-corrected chi connectivity index (χ2v) is 11.7. The smallest absolute Gasteiger partial charge is 0.232 e. The van der Waals surface area contributed by atoms with Crippen LogP contribution in [-0.2, 0) is 14.8 Å². The van der Waals surface area contributed by atoms with Crippen LogP contribution < -0.4 is 20.1 Å². The summed E-state index contributed by atoms with van der Waals surface area (Å²) in [5.74, 6) is -0.319. The lowest BCUT2D eigenvalue weighted by Gasteiger charge is -2.35. The number of morpholine rings is 1. The highest BCUT2D eigenvalue weighted by Gasteiger charge is 2.26. The van der Waals surface area contributed by atoms with Gasteiger partial charge in [0.1, 0.15) is 30.4 Å². The topological polar surface area (TPSA) is 145 Å². The zero-order valence-electron chi connectivity index (χ0n) is 23.3. The molecule has 3 N–H and O–H groups in total. The van der Waals surface area contributed by atoms with Crippen molar-refractivity contribution in [3.8, 4) is 28.3 Å². The van der Waals surface area contributed by atoms with Gasteiger partial charge in [0.25, 0.3) is 0 Å². The summed E-state index contributed by atoms with van der Waals surface area (Å²) in [4.78, 5) is 19.7. The van der Waals surface area contributed by atoms with Gasteiger partial charge in [-0.15, -0.1) is 0 Å². The van der Waals surface area contributed by atoms with E-state index in [0.717, 1.165) is 0 Å². The molecule has 15 heteroatoms. The van der Waals surface area contributed by atoms with E-state index in [2.05, 4.69) is 14.7 Å². The number of rotatable bonds is 11. The first-order valence-electron chi connectivity index (χ1n) is 13.5. The maximum atomic E-state index is 15.8. The Labute approximate surface area is 246 Å². The number of anilines is 3. The van der Waals surface area contributed by atoms with Gasteiger partial charge in [-0.05, 0) is 37.1 Å². The van der Waals surface area contributed by atoms with E-state index in [1.54, 1.807) is 6.07 Å². The van der Waals surface area contributed by atoms with Gasteiger partial charge in [-0.2, -0.15) is 0 Å². The fourth-order valence-corrected chi connectivity index (χ4v) is 5.82. The second kappa shape index (κ2) is 13.0. The molecule has 2 aromatic carbocycles. The van der Waals surface area contributed by atoms with Gasteiger partial charge in [-0.3, -0.25) is 9.11 Å². The molecule has 0 amide bonds. The fraction of sp³-hybridized carbons (Fsp3) is 0.357. The molecule has 3 heterocycles. The highest BCUT2D eigenvalue weighted by Crippen LogP contribution is 2.39. The number of nitrogens with two attached hydrogens (primary N) is 1. The van der Waals surface area contributed by atoms with E-state index in [4.69, 9.17) is 25.2 Å². The summed E-state index contributed by atoms with van der Waals surface area (Å²) in [7, 11) is -3.99. The molecule has 1 fully saturated rings. The molecule has 0 radical (unpaired) electrons. The summed E-state index contributed by atoms with van der Waals surface area (Å²) in [6.07, 6.45) is 2.76. The van der Waals surface area contributed by atoms with Crippen molar-refractivity contribution in [2.45, 2.75) is 19.4 Å². The van der Waals surface area contributed by atoms with Crippen molar-refractivity contribution in [2.75, 3.05) is 60.8 Å². The lowest BCUT2D eigenvalue weighted by atomic mass is 10.0. The number of sulfonamides is 1. The molecule has 4 aromatic rings. The van der Waals surface area contributed by atoms with Gasteiger partial charge < -0.3 is 20.1 Å². The van der Waals surface area contributed by atoms with Gasteiger partial charge in [0.2, 0.25) is 16.0 Å². The van der Waals surface area contributed by atoms with E-state index in [1.165, 1.54) is 36.7 Å². The predicted molar refractivity (Wildman–Crippen MR) is 157 cm³/mol. The molecule has 11 nitrogen and oxygen atoms in total. The number of nitrogens with one attached hydrogen (secondary N) is 1. The minimum atomic E-state index is -3.99. The van der Waals surface area contributed by atoms with Crippen LogP contribution in [0.1, 0.15) is 13.3 Å². The zero-order chi connectivity index (χ0) is 30.6. The molecule has 5 rings (SSSR count). The van der Waals surface area contributed by atoms with E-state index in [9.17, 15) is 17.2 Å². The average Bonchev–Trinajstić information content (AvgIpc) is 3.00. The number of nitrogen functional groups attached to an aromatic ring is 1. The van der Waals surface area contributed by atoms with Crippen molar-refractivity contribution in [1.82, 2.24) is 19.9 Å². The molecule has 1 aliphatic heterocycles. The van der Waals surface area contributed by atoms with Gasteiger partial charge in [-0.25, -0.2) is 37.1 Å². The van der Waals surface area contributed by atoms with Gasteiger partial charge in [0.05, 0.1) is 42.9 Å². The number of ether oxygens (including phenoxy) is 2. The third-order valence-corrected chi connectivity index (χ3v) is 8.13. The third kappa shape index (κ3) is 6.72. The highest BCUT2D eigenvalue weighted by atomic mass is 32.2. The summed E-state index contributed by atoms with van der Waals surface area (Å²) in [5, 5.41) is 0.494. The lowest BCUT2D eigenvalue weighted by molar-refractivity contribution is 0.0987. The third-order valence-electron chi connectivity index (χ3n) is 6.77. The largest absolute Gasteiger partial charge is 0.489 e. The van der Waals surface area contributed by atoms with Crippen molar-refractivity contribution >= 4 is 38.4 Å². The Morgan fingerprint density at radius 1 is 1.14 bits per heavy atom. The molecule has 43 heavy (non-hydrogen) atoms. The first kappa shape index (κ1) is 30.2. The van der Waals surface area contributed by atoms with Crippen molar-refractivity contribution in [3.63, 3.8) is 0 Å². The monoisotopic (exact) mass is 617 g/mol. The number of hydrogen-bond acceptors (Lipinski definition) is 10. The summed E-state index contributed by atoms with van der Waals surface area (Å²) < 4.78 is 80.1. The molecule has 1 aliphatic rings. The fourth-order valence-electron chi connectivity index (χ4n) is 4.74. The highest BCUT2D eigenvalue weighted by molar-refractivity contribution is 7.92. The van der Waals surface area contributed by atoms with Crippen LogP contribution in [0.2, 0.25) is 0 Å². The van der Waals surface area contributed by atoms with Crippen LogP contribution in [0.4, 0.5) is 30.6 Å². The van der Waals surface area contributed by atoms with E-state index < -0.39 is 34.9 Å². The van der Waals surface area contributed by atoms with Crippen LogP contribution in [0.3, 0.4) is 0 Å². The number of halogens is 3. The number of benzene rings is 2. The van der Waals surface area contributed by atoms with Crippen LogP contribution in [0.15, 0.2) is 42.7 Å². The minimum absolute atomic E-state index is 0.0506. The molecule has 1 atom stereocenters. The maximum absolute atomic E-state index is 15.8. The predicted octanol–water partition coefficient (Wildman–Crippen LogP) is 4.15. The number of alkyl halides is 2. The van der Waals surface area contributed by atoms with Crippen LogP contribution in [-0.4, -0.2) is 79.9 Å². The van der Waals surface area contributed by atoms with E-state index in [-0.39, 0.29) is 47.8 Å². The van der Waals surface area contributed by atoms with Crippen molar-refractivity contribution in [3.05, 3.63) is 48.5 Å². The summed E-state index contributed by atoms with van der Waals surface area (Å²) in [6.45, 7) is 1.47. The summed E-state index contributed by atoms with van der Waals surface area (Å²) >= 11 is 0. The standard InChI is InChI=1S/C28H30F3N7O4S/c1-17-16-41-10-8-38(17)27-21-12-18(20-4-2-5-22(24(20)31)37-43(39,40)11-3-6-29)13-23(42-9-7-30)25(21)35-26(36-27)19-14-33-28(32)34-15-19/h2,4-5,12-15,17,37H,3,6-11,16H2,1H3,(H2,32,33,34)/t17-/m1/s1. The number of nitrogens with zero attached hydrogens (tertiary/aromatic N) is 5. The Hall–Kier alpha value is -4.24. The van der Waals surface area contributed by atoms with Gasteiger partial charge in [0, 0.05) is 29.9 Å². The summed E-state index contributed by atoms with van der Waals surface area (Å²) in [5.41, 5.74) is 6.57. The Kier molecular flexibility index (Phi) is 9.11. The molecule has 2 aromatic heterocycles. The SMILES string of the molecule is C[C@@H]1COCCN1c1nc(-c2cnc(N)nc2)nc2c(OCCF)cc(-c3cccc(NS(=O)(=O)CCCF)c3F)cc12. The quantitative estimate of drug-likeness (QED) is 0.252. The normalized spacial score (nSPS) is 15.5. The van der Waals surface area contributed by atoms with E-state index in [1.807, 2.05) is 11.8 Å². The Balaban J connectivity index is 1.71. The van der Waals surface area contributed by atoms with Crippen LogP contribution in [0, 0.1) is 5.82 Å². The van der Waals surface area contributed by atoms with Gasteiger partial charge in [0.15, 0.2) is 11.6 Å².